The molecule has 0 unspecified atom stereocenters. The topological polar surface area (TPSA) is 128 Å². The van der Waals surface area contributed by atoms with Crippen molar-refractivity contribution in [2.75, 3.05) is 64.9 Å². The predicted molar refractivity (Wildman–Crippen MR) is 156 cm³/mol. The van der Waals surface area contributed by atoms with Crippen LogP contribution in [0, 0.1) is 0 Å². The molecule has 2 fully saturated rings. The number of carbonyl (C=O) groups excluding carboxylic acids is 3. The molecule has 42 heavy (non-hydrogen) atoms. The number of likely N-dealkylation sites (tertiary alicyclic amines) is 1. The second-order valence-corrected chi connectivity index (χ2v) is 12.8. The fourth-order valence-electron chi connectivity index (χ4n) is 6.04. The molecule has 0 radical (unpaired) electrons. The smallest absolute Gasteiger partial charge is 0.296 e. The van der Waals surface area contributed by atoms with E-state index in [0.29, 0.717) is 37.2 Å². The van der Waals surface area contributed by atoms with Crippen LogP contribution < -0.4 is 4.90 Å². The van der Waals surface area contributed by atoms with E-state index >= 15 is 0 Å². The Morgan fingerprint density at radius 3 is 2.43 bits per heavy atom. The quantitative estimate of drug-likeness (QED) is 0.265. The number of Topliss-reactive ketones (excluding diaryl/α,β-unsaturated/α-hetero) is 1. The molecule has 1 N–H and O–H groups in total. The lowest BCUT2D eigenvalue weighted by Gasteiger charge is -2.34. The molecule has 3 aliphatic heterocycles. The normalized spacial score (nSPS) is 22.5. The number of amides is 2. The van der Waals surface area contributed by atoms with Gasteiger partial charge in [0.15, 0.2) is 5.54 Å². The molecule has 1 atom stereocenters. The van der Waals surface area contributed by atoms with Gasteiger partial charge in [0.25, 0.3) is 17.6 Å². The largest absolute Gasteiger partial charge is 0.507 e. The third kappa shape index (κ3) is 4.72. The van der Waals surface area contributed by atoms with E-state index < -0.39 is 38.9 Å². The minimum absolute atomic E-state index is 0.0224. The Bertz CT molecular complexity index is 1550. The molecule has 224 valence electrons. The minimum atomic E-state index is -3.92. The molecule has 3 aliphatic rings. The molecule has 11 nitrogen and oxygen atoms in total. The second kappa shape index (κ2) is 11.6. The lowest BCUT2D eigenvalue weighted by atomic mass is 9.82. The van der Waals surface area contributed by atoms with Gasteiger partial charge in [-0.2, -0.15) is 4.31 Å². The van der Waals surface area contributed by atoms with Crippen molar-refractivity contribution in [3.63, 3.8) is 0 Å². The Morgan fingerprint density at radius 2 is 1.74 bits per heavy atom. The van der Waals surface area contributed by atoms with E-state index in [9.17, 15) is 27.9 Å². The molecule has 1 spiro atoms. The van der Waals surface area contributed by atoms with Crippen molar-refractivity contribution in [1.29, 1.82) is 0 Å². The number of sulfonamides is 1. The number of ketones is 1. The summed E-state index contributed by atoms with van der Waals surface area (Å²) in [6.45, 7) is 3.91. The van der Waals surface area contributed by atoms with E-state index in [0.717, 1.165) is 0 Å². The first-order valence-electron chi connectivity index (χ1n) is 14.1. The predicted octanol–water partition coefficient (Wildman–Crippen LogP) is 1.99. The molecular weight excluding hydrogens is 560 g/mol. The van der Waals surface area contributed by atoms with E-state index in [1.165, 1.54) is 33.5 Å². The zero-order valence-electron chi connectivity index (χ0n) is 24.1. The summed E-state index contributed by atoms with van der Waals surface area (Å²) in [5.74, 6) is -2.95. The summed E-state index contributed by atoms with van der Waals surface area (Å²) in [7, 11) is -0.143. The van der Waals surface area contributed by atoms with Crippen LogP contribution in [0.2, 0.25) is 0 Å². The first-order valence-corrected chi connectivity index (χ1v) is 15.5. The fraction of sp³-hybridized carbons (Fsp3) is 0.433. The second-order valence-electron chi connectivity index (χ2n) is 10.9. The van der Waals surface area contributed by atoms with E-state index in [2.05, 4.69) is 0 Å². The van der Waals surface area contributed by atoms with Gasteiger partial charge in [-0.1, -0.05) is 37.3 Å². The molecule has 2 aromatic carbocycles. The lowest BCUT2D eigenvalue weighted by molar-refractivity contribution is -0.143. The van der Waals surface area contributed by atoms with Crippen molar-refractivity contribution in [2.45, 2.75) is 30.2 Å². The average Bonchev–Trinajstić information content (AvgIpc) is 3.36. The Labute approximate surface area is 246 Å². The van der Waals surface area contributed by atoms with Crippen molar-refractivity contribution < 1.29 is 32.6 Å². The van der Waals surface area contributed by atoms with E-state index in [-0.39, 0.29) is 48.9 Å². The van der Waals surface area contributed by atoms with Crippen LogP contribution in [0.4, 0.5) is 5.69 Å². The number of benzene rings is 2. The maximum absolute atomic E-state index is 14.5. The van der Waals surface area contributed by atoms with Gasteiger partial charge in [0.05, 0.1) is 29.4 Å². The summed E-state index contributed by atoms with van der Waals surface area (Å²) in [6.07, 6.45) is 1.11. The van der Waals surface area contributed by atoms with E-state index in [4.69, 9.17) is 4.74 Å². The van der Waals surface area contributed by atoms with Gasteiger partial charge in [0.1, 0.15) is 5.76 Å². The zero-order chi connectivity index (χ0) is 30.2. The van der Waals surface area contributed by atoms with Crippen molar-refractivity contribution in [3.8, 4) is 0 Å². The summed E-state index contributed by atoms with van der Waals surface area (Å²) in [5.41, 5.74) is -1.21. The molecule has 0 saturated carbocycles. The van der Waals surface area contributed by atoms with Gasteiger partial charge in [-0.15, -0.1) is 0 Å². The van der Waals surface area contributed by atoms with Crippen LogP contribution in [0.15, 0.2) is 59.0 Å². The number of fused-ring (bicyclic) bond motifs is 2. The summed E-state index contributed by atoms with van der Waals surface area (Å²) in [4.78, 5) is 46.7. The first-order chi connectivity index (χ1) is 20.1. The van der Waals surface area contributed by atoms with Crippen molar-refractivity contribution in [1.82, 2.24) is 14.1 Å². The SMILES string of the molecule is CCCN1C(=O)[C@@]2(C(=C(O)c3cccc(S(=O)(=O)N4CCOCC4)c3)C(=O)C(=O)N2CCCN(C)C)c2ccccc21. The van der Waals surface area contributed by atoms with Gasteiger partial charge >= 0.3 is 0 Å². The molecule has 3 heterocycles. The maximum atomic E-state index is 14.5. The number of morpholine rings is 1. The molecule has 5 rings (SSSR count). The monoisotopic (exact) mass is 596 g/mol. The number of anilines is 1. The van der Waals surface area contributed by atoms with Crippen molar-refractivity contribution in [3.05, 3.63) is 65.2 Å². The standard InChI is InChI=1S/C30H36N4O7S/c1-4-13-33-24-12-6-5-11-23(24)30(29(33)38)25(27(36)28(37)34(30)15-8-14-31(2)3)26(35)21-9-7-10-22(20-21)42(39,40)32-16-18-41-19-17-32/h5-7,9-12,20,35H,4,8,13-19H2,1-3H3/t30-/m0/s1. The number of carbonyl (C=O) groups is 3. The number of para-hydroxylation sites is 1. The Kier molecular flexibility index (Phi) is 8.26. The highest BCUT2D eigenvalue weighted by Crippen LogP contribution is 2.53. The van der Waals surface area contributed by atoms with Crippen LogP contribution >= 0.6 is 0 Å². The van der Waals surface area contributed by atoms with Crippen LogP contribution in [0.3, 0.4) is 0 Å². The van der Waals surface area contributed by atoms with Crippen LogP contribution in [-0.2, 0) is 34.7 Å². The molecule has 2 saturated heterocycles. The molecule has 0 aromatic heterocycles. The number of aliphatic hydroxyl groups is 1. The summed E-state index contributed by atoms with van der Waals surface area (Å²) in [6, 6.07) is 12.6. The van der Waals surface area contributed by atoms with Crippen molar-refractivity contribution in [2.24, 2.45) is 0 Å². The Morgan fingerprint density at radius 1 is 1.02 bits per heavy atom. The highest BCUT2D eigenvalue weighted by atomic mass is 32.2. The molecule has 0 aliphatic carbocycles. The van der Waals surface area contributed by atoms with Gasteiger partial charge in [-0.05, 0) is 51.7 Å². The number of rotatable bonds is 9. The minimum Gasteiger partial charge on any atom is -0.507 e. The molecular formula is C30H36N4O7S. The third-order valence-electron chi connectivity index (χ3n) is 7.96. The van der Waals surface area contributed by atoms with E-state index in [1.54, 1.807) is 29.2 Å². The summed E-state index contributed by atoms with van der Waals surface area (Å²) < 4.78 is 33.4. The van der Waals surface area contributed by atoms with Gasteiger partial charge in [0, 0.05) is 37.3 Å². The Balaban J connectivity index is 1.70. The molecule has 0 bridgehead atoms. The molecule has 2 aromatic rings. The first kappa shape index (κ1) is 29.9. The van der Waals surface area contributed by atoms with Crippen LogP contribution in [-0.4, -0.2) is 105 Å². The van der Waals surface area contributed by atoms with Crippen LogP contribution in [0.1, 0.15) is 30.9 Å². The highest BCUT2D eigenvalue weighted by molar-refractivity contribution is 7.89. The Hall–Kier alpha value is -3.58. The summed E-state index contributed by atoms with van der Waals surface area (Å²) in [5, 5.41) is 11.8. The third-order valence-corrected chi connectivity index (χ3v) is 9.85. The number of nitrogens with zero attached hydrogens (tertiary/aromatic N) is 4. The number of aliphatic hydroxyl groups excluding tert-OH is 1. The lowest BCUT2D eigenvalue weighted by Crippen LogP contribution is -2.52. The number of hydrogen-bond donors (Lipinski definition) is 1. The van der Waals surface area contributed by atoms with Crippen LogP contribution in [0.25, 0.3) is 5.76 Å². The number of ether oxygens (including phenoxy) is 1. The highest BCUT2D eigenvalue weighted by Gasteiger charge is 2.66. The fourth-order valence-corrected chi connectivity index (χ4v) is 7.50. The maximum Gasteiger partial charge on any atom is 0.296 e. The number of hydrogen-bond acceptors (Lipinski definition) is 8. The summed E-state index contributed by atoms with van der Waals surface area (Å²) >= 11 is 0. The zero-order valence-corrected chi connectivity index (χ0v) is 24.9. The molecule has 12 heteroatoms. The van der Waals surface area contributed by atoms with E-state index in [1.807, 2.05) is 25.9 Å². The average molecular weight is 597 g/mol. The molecule has 2 amide bonds. The van der Waals surface area contributed by atoms with Gasteiger partial charge in [-0.25, -0.2) is 8.42 Å². The van der Waals surface area contributed by atoms with Crippen LogP contribution in [0.5, 0.6) is 0 Å². The van der Waals surface area contributed by atoms with Gasteiger partial charge in [0.2, 0.25) is 10.0 Å². The van der Waals surface area contributed by atoms with Crippen molar-refractivity contribution >= 4 is 39.1 Å². The van der Waals surface area contributed by atoms with Gasteiger partial charge < -0.3 is 24.5 Å². The van der Waals surface area contributed by atoms with Gasteiger partial charge in [-0.3, -0.25) is 14.4 Å².